The van der Waals surface area contributed by atoms with E-state index in [4.69, 9.17) is 5.11 Å². The van der Waals surface area contributed by atoms with Crippen molar-refractivity contribution in [3.05, 3.63) is 47.9 Å². The molecule has 0 radical (unpaired) electrons. The van der Waals surface area contributed by atoms with Crippen LogP contribution in [0.3, 0.4) is 0 Å². The summed E-state index contributed by atoms with van der Waals surface area (Å²) >= 11 is 0. The van der Waals surface area contributed by atoms with E-state index >= 15 is 0 Å². The number of amides is 1. The smallest absolute Gasteiger partial charge is 0.354 e. The van der Waals surface area contributed by atoms with Gasteiger partial charge < -0.3 is 10.4 Å². The van der Waals surface area contributed by atoms with Crippen molar-refractivity contribution < 1.29 is 23.1 Å². The fourth-order valence-electron chi connectivity index (χ4n) is 1.53. The largest absolute Gasteiger partial charge is 0.477 e. The number of sulfone groups is 1. The minimum atomic E-state index is -3.40. The van der Waals surface area contributed by atoms with Gasteiger partial charge in [-0.3, -0.25) is 4.79 Å². The maximum Gasteiger partial charge on any atom is 0.354 e. The van der Waals surface area contributed by atoms with Crippen molar-refractivity contribution in [3.8, 4) is 0 Å². The Kier molecular flexibility index (Phi) is 4.18. The van der Waals surface area contributed by atoms with Crippen molar-refractivity contribution in [1.82, 2.24) is 9.97 Å². The topological polar surface area (TPSA) is 126 Å². The molecule has 0 fully saturated rings. The number of anilines is 1. The monoisotopic (exact) mass is 321 g/mol. The second-order valence-corrected chi connectivity index (χ2v) is 6.31. The van der Waals surface area contributed by atoms with Crippen LogP contribution in [-0.2, 0) is 9.84 Å². The van der Waals surface area contributed by atoms with E-state index < -0.39 is 21.7 Å². The van der Waals surface area contributed by atoms with Crippen LogP contribution in [0.15, 0.2) is 41.7 Å². The molecule has 9 heteroatoms. The summed E-state index contributed by atoms with van der Waals surface area (Å²) in [5, 5.41) is 11.1. The zero-order chi connectivity index (χ0) is 16.3. The van der Waals surface area contributed by atoms with Crippen molar-refractivity contribution in [1.29, 1.82) is 0 Å². The lowest BCUT2D eigenvalue weighted by Crippen LogP contribution is -2.13. The Morgan fingerprint density at radius 1 is 1.09 bits per heavy atom. The molecule has 0 aromatic carbocycles. The molecule has 2 heterocycles. The molecule has 0 bridgehead atoms. The highest BCUT2D eigenvalue weighted by molar-refractivity contribution is 7.90. The standard InChI is InChI=1S/C13H11N3O5S/c1-22(20,21)11-5-3-9(7-15-11)16-12(17)8-2-4-10(13(18)19)14-6-8/h2-7H,1H3,(H,16,17)(H,18,19). The van der Waals surface area contributed by atoms with E-state index in [0.29, 0.717) is 5.69 Å². The number of carboxylic acids is 1. The zero-order valence-corrected chi connectivity index (χ0v) is 12.2. The molecule has 22 heavy (non-hydrogen) atoms. The van der Waals surface area contributed by atoms with E-state index in [9.17, 15) is 18.0 Å². The van der Waals surface area contributed by atoms with Crippen molar-refractivity contribution in [3.63, 3.8) is 0 Å². The Bertz CT molecular complexity index is 814. The molecule has 0 unspecified atom stereocenters. The average molecular weight is 321 g/mol. The molecule has 0 aliphatic rings. The second kappa shape index (κ2) is 5.90. The number of carboxylic acid groups (broad SMARTS) is 1. The first-order valence-corrected chi connectivity index (χ1v) is 7.83. The molecule has 2 N–H and O–H groups in total. The Morgan fingerprint density at radius 3 is 2.27 bits per heavy atom. The van der Waals surface area contributed by atoms with Crippen LogP contribution >= 0.6 is 0 Å². The number of aromatic nitrogens is 2. The summed E-state index contributed by atoms with van der Waals surface area (Å²) in [6.07, 6.45) is 3.38. The third-order valence-corrected chi connectivity index (χ3v) is 3.62. The molecule has 0 saturated heterocycles. The Morgan fingerprint density at radius 2 is 1.82 bits per heavy atom. The van der Waals surface area contributed by atoms with Gasteiger partial charge in [-0.15, -0.1) is 0 Å². The summed E-state index contributed by atoms with van der Waals surface area (Å²) in [5.74, 6) is -1.70. The fraction of sp³-hybridized carbons (Fsp3) is 0.0769. The number of nitrogens with one attached hydrogen (secondary N) is 1. The van der Waals surface area contributed by atoms with Gasteiger partial charge >= 0.3 is 5.97 Å². The van der Waals surface area contributed by atoms with Gasteiger partial charge in [0, 0.05) is 12.5 Å². The number of hydrogen-bond donors (Lipinski definition) is 2. The molecule has 8 nitrogen and oxygen atoms in total. The minimum Gasteiger partial charge on any atom is -0.477 e. The van der Waals surface area contributed by atoms with Gasteiger partial charge in [-0.05, 0) is 24.3 Å². The van der Waals surface area contributed by atoms with Crippen LogP contribution in [0.4, 0.5) is 5.69 Å². The first kappa shape index (κ1) is 15.6. The van der Waals surface area contributed by atoms with E-state index in [0.717, 1.165) is 12.5 Å². The first-order valence-electron chi connectivity index (χ1n) is 5.94. The number of rotatable bonds is 4. The summed E-state index contributed by atoms with van der Waals surface area (Å²) in [6, 6.07) is 5.21. The summed E-state index contributed by atoms with van der Waals surface area (Å²) in [4.78, 5) is 30.0. The predicted molar refractivity (Wildman–Crippen MR) is 76.5 cm³/mol. The summed E-state index contributed by atoms with van der Waals surface area (Å²) in [7, 11) is -3.40. The number of nitrogens with zero attached hydrogens (tertiary/aromatic N) is 2. The fourth-order valence-corrected chi connectivity index (χ4v) is 2.09. The average Bonchev–Trinajstić information content (AvgIpc) is 2.47. The molecule has 0 aliphatic heterocycles. The van der Waals surface area contributed by atoms with Crippen LogP contribution in [-0.4, -0.2) is 41.6 Å². The van der Waals surface area contributed by atoms with Gasteiger partial charge in [0.1, 0.15) is 5.69 Å². The Hall–Kier alpha value is -2.81. The number of carbonyl (C=O) groups is 2. The van der Waals surface area contributed by atoms with Crippen LogP contribution in [0.2, 0.25) is 0 Å². The zero-order valence-electron chi connectivity index (χ0n) is 11.3. The van der Waals surface area contributed by atoms with Crippen LogP contribution in [0.1, 0.15) is 20.8 Å². The normalized spacial score (nSPS) is 11.0. The van der Waals surface area contributed by atoms with Crippen LogP contribution in [0.25, 0.3) is 0 Å². The van der Waals surface area contributed by atoms with E-state index in [1.807, 2.05) is 0 Å². The van der Waals surface area contributed by atoms with Gasteiger partial charge in [-0.2, -0.15) is 0 Å². The number of carbonyl (C=O) groups excluding carboxylic acids is 1. The summed E-state index contributed by atoms with van der Waals surface area (Å²) in [5.41, 5.74) is 0.299. The quantitative estimate of drug-likeness (QED) is 0.854. The van der Waals surface area contributed by atoms with E-state index in [1.54, 1.807) is 0 Å². The van der Waals surface area contributed by atoms with Crippen LogP contribution < -0.4 is 5.32 Å². The number of hydrogen-bond acceptors (Lipinski definition) is 6. The van der Waals surface area contributed by atoms with Crippen molar-refractivity contribution in [2.75, 3.05) is 11.6 Å². The highest BCUT2D eigenvalue weighted by Crippen LogP contribution is 2.12. The minimum absolute atomic E-state index is 0.0991. The lowest BCUT2D eigenvalue weighted by molar-refractivity contribution is 0.0690. The van der Waals surface area contributed by atoms with Gasteiger partial charge in [0.2, 0.25) is 0 Å². The van der Waals surface area contributed by atoms with Gasteiger partial charge in [0.15, 0.2) is 14.9 Å². The molecule has 0 spiro atoms. The van der Waals surface area contributed by atoms with Crippen molar-refractivity contribution in [2.45, 2.75) is 5.03 Å². The van der Waals surface area contributed by atoms with Gasteiger partial charge in [-0.25, -0.2) is 23.2 Å². The molecule has 0 aliphatic carbocycles. The number of pyridine rings is 2. The maximum absolute atomic E-state index is 11.9. The first-order chi connectivity index (χ1) is 10.3. The maximum atomic E-state index is 11.9. The van der Waals surface area contributed by atoms with E-state index in [2.05, 4.69) is 15.3 Å². The van der Waals surface area contributed by atoms with Crippen molar-refractivity contribution >= 4 is 27.4 Å². The molecule has 0 saturated carbocycles. The molecule has 114 valence electrons. The highest BCUT2D eigenvalue weighted by atomic mass is 32.2. The summed E-state index contributed by atoms with van der Waals surface area (Å²) in [6.45, 7) is 0. The molecule has 2 aromatic rings. The third kappa shape index (κ3) is 3.64. The molecule has 0 atom stereocenters. The number of aromatic carboxylic acids is 1. The molecule has 2 rings (SSSR count). The highest BCUT2D eigenvalue weighted by Gasteiger charge is 2.11. The third-order valence-electron chi connectivity index (χ3n) is 2.62. The summed E-state index contributed by atoms with van der Waals surface area (Å²) < 4.78 is 22.5. The van der Waals surface area contributed by atoms with Gasteiger partial charge in [0.05, 0.1) is 17.4 Å². The SMILES string of the molecule is CS(=O)(=O)c1ccc(NC(=O)c2ccc(C(=O)O)nc2)cn1. The van der Waals surface area contributed by atoms with Crippen LogP contribution in [0, 0.1) is 0 Å². The molecular formula is C13H11N3O5S. The van der Waals surface area contributed by atoms with Gasteiger partial charge in [-0.1, -0.05) is 0 Å². The Labute approximate surface area is 125 Å². The van der Waals surface area contributed by atoms with Crippen LogP contribution in [0.5, 0.6) is 0 Å². The second-order valence-electron chi connectivity index (χ2n) is 4.35. The Balaban J connectivity index is 2.13. The van der Waals surface area contributed by atoms with E-state index in [1.165, 1.54) is 30.5 Å². The molecule has 2 aromatic heterocycles. The lowest BCUT2D eigenvalue weighted by atomic mass is 10.2. The predicted octanol–water partition coefficient (Wildman–Crippen LogP) is 0.831. The lowest BCUT2D eigenvalue weighted by Gasteiger charge is -2.05. The van der Waals surface area contributed by atoms with Gasteiger partial charge in [0.25, 0.3) is 5.91 Å². The molecule has 1 amide bonds. The van der Waals surface area contributed by atoms with Crippen molar-refractivity contribution in [2.24, 2.45) is 0 Å². The van der Waals surface area contributed by atoms with E-state index in [-0.39, 0.29) is 16.3 Å². The molecular weight excluding hydrogens is 310 g/mol.